The molecule has 1 atom stereocenters. The van der Waals surface area contributed by atoms with Crippen LogP contribution in [0.25, 0.3) is 0 Å². The van der Waals surface area contributed by atoms with Gasteiger partial charge in [0.05, 0.1) is 6.10 Å². The Morgan fingerprint density at radius 3 is 2.46 bits per heavy atom. The summed E-state index contributed by atoms with van der Waals surface area (Å²) in [6.07, 6.45) is 1.33. The van der Waals surface area contributed by atoms with Gasteiger partial charge in [-0.2, -0.15) is 0 Å². The molecule has 0 aliphatic heterocycles. The summed E-state index contributed by atoms with van der Waals surface area (Å²) in [6, 6.07) is 0. The number of ether oxygens (including phenoxy) is 1. The molecule has 0 saturated heterocycles. The first-order valence-corrected chi connectivity index (χ1v) is 4.99. The molecule has 13 heavy (non-hydrogen) atoms. The van der Waals surface area contributed by atoms with Gasteiger partial charge in [-0.25, -0.2) is 0 Å². The quantitative estimate of drug-likeness (QED) is 0.626. The Morgan fingerprint density at radius 2 is 2.08 bits per heavy atom. The lowest BCUT2D eigenvalue weighted by molar-refractivity contribution is 0.105. The monoisotopic (exact) mass is 188 g/mol. The molecule has 0 rings (SSSR count). The van der Waals surface area contributed by atoms with Crippen molar-refractivity contribution in [2.45, 2.75) is 33.3 Å². The normalized spacial score (nSPS) is 14.5. The van der Waals surface area contributed by atoms with E-state index in [4.69, 9.17) is 10.5 Å². The van der Waals surface area contributed by atoms with Gasteiger partial charge < -0.3 is 15.8 Å². The summed E-state index contributed by atoms with van der Waals surface area (Å²) in [4.78, 5) is 0. The smallest absolute Gasteiger partial charge is 0.0817 e. The Labute approximate surface area is 82.0 Å². The minimum absolute atomic E-state index is 0.146. The molecule has 0 aromatic carbocycles. The molecule has 0 heterocycles. The van der Waals surface area contributed by atoms with Crippen molar-refractivity contribution in [1.82, 2.24) is 5.32 Å². The largest absolute Gasteiger partial charge is 0.379 e. The van der Waals surface area contributed by atoms with Crippen LogP contribution < -0.4 is 11.1 Å². The third-order valence-corrected chi connectivity index (χ3v) is 2.53. The summed E-state index contributed by atoms with van der Waals surface area (Å²) in [5, 5.41) is 3.37. The highest BCUT2D eigenvalue weighted by Gasteiger charge is 2.14. The van der Waals surface area contributed by atoms with Crippen LogP contribution >= 0.6 is 0 Å². The van der Waals surface area contributed by atoms with Crippen molar-refractivity contribution in [3.63, 3.8) is 0 Å². The fourth-order valence-electron chi connectivity index (χ4n) is 0.959. The first-order chi connectivity index (χ1) is 6.05. The predicted molar refractivity (Wildman–Crippen MR) is 56.8 cm³/mol. The molecule has 3 nitrogen and oxygen atoms in total. The molecule has 0 bridgehead atoms. The third kappa shape index (κ3) is 6.02. The number of rotatable bonds is 7. The van der Waals surface area contributed by atoms with Crippen LogP contribution in [0.4, 0.5) is 0 Å². The molecule has 1 unspecified atom stereocenters. The van der Waals surface area contributed by atoms with Crippen molar-refractivity contribution in [3.05, 3.63) is 0 Å². The molecular formula is C10H24N2O. The maximum Gasteiger partial charge on any atom is 0.0817 e. The van der Waals surface area contributed by atoms with Crippen LogP contribution in [0.1, 0.15) is 27.2 Å². The lowest BCUT2D eigenvalue weighted by Crippen LogP contribution is -2.38. The van der Waals surface area contributed by atoms with Crippen molar-refractivity contribution in [2.75, 3.05) is 26.7 Å². The summed E-state index contributed by atoms with van der Waals surface area (Å²) in [6.45, 7) is 9.16. The highest BCUT2D eigenvalue weighted by Crippen LogP contribution is 2.17. The molecule has 0 aliphatic rings. The van der Waals surface area contributed by atoms with Crippen molar-refractivity contribution in [1.29, 1.82) is 0 Å². The highest BCUT2D eigenvalue weighted by molar-refractivity contribution is 4.71. The molecule has 3 N–H and O–H groups in total. The Balaban J connectivity index is 3.54. The molecular weight excluding hydrogens is 164 g/mol. The molecule has 0 aromatic rings. The lowest BCUT2D eigenvalue weighted by Gasteiger charge is -2.24. The van der Waals surface area contributed by atoms with Crippen LogP contribution in [-0.4, -0.2) is 32.8 Å². The topological polar surface area (TPSA) is 47.3 Å². The number of hydrogen-bond donors (Lipinski definition) is 2. The zero-order valence-electron chi connectivity index (χ0n) is 9.39. The van der Waals surface area contributed by atoms with E-state index in [1.54, 1.807) is 7.11 Å². The summed E-state index contributed by atoms with van der Waals surface area (Å²) >= 11 is 0. The van der Waals surface area contributed by atoms with Gasteiger partial charge in [0.25, 0.3) is 0 Å². The third-order valence-electron chi connectivity index (χ3n) is 2.53. The van der Waals surface area contributed by atoms with E-state index in [0.717, 1.165) is 13.1 Å². The van der Waals surface area contributed by atoms with Gasteiger partial charge in [-0.15, -0.1) is 0 Å². The fraction of sp³-hybridized carbons (Fsp3) is 1.00. The zero-order chi connectivity index (χ0) is 10.3. The van der Waals surface area contributed by atoms with Gasteiger partial charge in [0.1, 0.15) is 0 Å². The summed E-state index contributed by atoms with van der Waals surface area (Å²) in [5.74, 6) is 0. The second-order valence-corrected chi connectivity index (χ2v) is 4.24. The first-order valence-electron chi connectivity index (χ1n) is 4.99. The molecule has 0 saturated carbocycles. The molecule has 0 aromatic heterocycles. The van der Waals surface area contributed by atoms with Crippen molar-refractivity contribution in [2.24, 2.45) is 11.1 Å². The van der Waals surface area contributed by atoms with Gasteiger partial charge in [-0.1, -0.05) is 20.8 Å². The molecule has 80 valence electrons. The molecule has 0 amide bonds. The Morgan fingerprint density at radius 1 is 1.46 bits per heavy atom. The van der Waals surface area contributed by atoms with Crippen LogP contribution in [0, 0.1) is 5.41 Å². The van der Waals surface area contributed by atoms with Crippen molar-refractivity contribution in [3.8, 4) is 0 Å². The van der Waals surface area contributed by atoms with Crippen LogP contribution in [0.15, 0.2) is 0 Å². The van der Waals surface area contributed by atoms with E-state index in [2.05, 4.69) is 26.1 Å². The number of methoxy groups -OCH3 is 1. The standard InChI is InChI=1S/C10H24N2O/c1-5-10(2,3)8-12-7-9(6-11)13-4/h9,12H,5-8,11H2,1-4H3. The summed E-state index contributed by atoms with van der Waals surface area (Å²) in [7, 11) is 1.70. The molecule has 0 radical (unpaired) electrons. The van der Waals surface area contributed by atoms with Crippen LogP contribution in [0.3, 0.4) is 0 Å². The maximum absolute atomic E-state index is 5.50. The Kier molecular flexibility index (Phi) is 6.29. The van der Waals surface area contributed by atoms with E-state index in [1.807, 2.05) is 0 Å². The van der Waals surface area contributed by atoms with Gasteiger partial charge in [-0.3, -0.25) is 0 Å². The lowest BCUT2D eigenvalue weighted by atomic mass is 9.90. The van der Waals surface area contributed by atoms with E-state index in [-0.39, 0.29) is 6.10 Å². The van der Waals surface area contributed by atoms with E-state index in [1.165, 1.54) is 6.42 Å². The molecule has 0 fully saturated rings. The second kappa shape index (κ2) is 6.35. The highest BCUT2D eigenvalue weighted by atomic mass is 16.5. The van der Waals surface area contributed by atoms with Gasteiger partial charge in [-0.05, 0) is 11.8 Å². The maximum atomic E-state index is 5.50. The fourth-order valence-corrected chi connectivity index (χ4v) is 0.959. The van der Waals surface area contributed by atoms with E-state index < -0.39 is 0 Å². The number of hydrogen-bond acceptors (Lipinski definition) is 3. The number of nitrogens with two attached hydrogens (primary N) is 1. The van der Waals surface area contributed by atoms with Gasteiger partial charge in [0.15, 0.2) is 0 Å². The van der Waals surface area contributed by atoms with Gasteiger partial charge in [0.2, 0.25) is 0 Å². The average Bonchev–Trinajstić information content (AvgIpc) is 2.12. The molecule has 0 aliphatic carbocycles. The zero-order valence-corrected chi connectivity index (χ0v) is 9.39. The minimum Gasteiger partial charge on any atom is -0.379 e. The van der Waals surface area contributed by atoms with E-state index in [0.29, 0.717) is 12.0 Å². The van der Waals surface area contributed by atoms with Crippen LogP contribution in [-0.2, 0) is 4.74 Å². The summed E-state index contributed by atoms with van der Waals surface area (Å²) < 4.78 is 5.16. The Hall–Kier alpha value is -0.120. The van der Waals surface area contributed by atoms with E-state index >= 15 is 0 Å². The SMILES string of the molecule is CCC(C)(C)CNCC(CN)OC. The predicted octanol–water partition coefficient (Wildman–Crippen LogP) is 0.986. The second-order valence-electron chi connectivity index (χ2n) is 4.24. The Bertz CT molecular complexity index is 122. The van der Waals surface area contributed by atoms with Gasteiger partial charge >= 0.3 is 0 Å². The van der Waals surface area contributed by atoms with Crippen LogP contribution in [0.5, 0.6) is 0 Å². The molecule has 3 heteroatoms. The van der Waals surface area contributed by atoms with Crippen molar-refractivity contribution >= 4 is 0 Å². The van der Waals surface area contributed by atoms with Gasteiger partial charge in [0, 0.05) is 26.7 Å². The minimum atomic E-state index is 0.146. The first kappa shape index (κ1) is 12.9. The van der Waals surface area contributed by atoms with Crippen molar-refractivity contribution < 1.29 is 4.74 Å². The average molecular weight is 188 g/mol. The number of nitrogens with one attached hydrogen (secondary N) is 1. The van der Waals surface area contributed by atoms with Crippen LogP contribution in [0.2, 0.25) is 0 Å². The van der Waals surface area contributed by atoms with E-state index in [9.17, 15) is 0 Å². The summed E-state index contributed by atoms with van der Waals surface area (Å²) in [5.41, 5.74) is 5.87. The molecule has 0 spiro atoms.